The number of aromatic nitrogens is 2. The molecule has 2 N–H and O–H groups in total. The molecule has 156 valence electrons. The summed E-state index contributed by atoms with van der Waals surface area (Å²) >= 11 is 0. The monoisotopic (exact) mass is 408 g/mol. The molecular weight excluding hydrogens is 384 g/mol. The predicted molar refractivity (Wildman–Crippen MR) is 110 cm³/mol. The first kappa shape index (κ1) is 19.8. The summed E-state index contributed by atoms with van der Waals surface area (Å²) in [4.78, 5) is 48.2. The number of hydrogen-bond acceptors (Lipinski definition) is 5. The summed E-state index contributed by atoms with van der Waals surface area (Å²) in [5.74, 6) is 0.268. The van der Waals surface area contributed by atoms with Gasteiger partial charge in [0, 0.05) is 37.7 Å². The zero-order valence-electron chi connectivity index (χ0n) is 16.6. The number of pyridine rings is 2. The molecule has 2 aromatic rings. The van der Waals surface area contributed by atoms with Crippen LogP contribution in [0.3, 0.4) is 0 Å². The van der Waals surface area contributed by atoms with Gasteiger partial charge in [-0.25, -0.2) is 19.5 Å². The number of amides is 5. The van der Waals surface area contributed by atoms with Crippen molar-refractivity contribution in [1.82, 2.24) is 25.5 Å². The van der Waals surface area contributed by atoms with Gasteiger partial charge in [0.1, 0.15) is 5.82 Å². The van der Waals surface area contributed by atoms with E-state index in [4.69, 9.17) is 0 Å². The summed E-state index contributed by atoms with van der Waals surface area (Å²) in [7, 11) is 0. The van der Waals surface area contributed by atoms with Crippen LogP contribution in [0.1, 0.15) is 41.6 Å². The Morgan fingerprint density at radius 1 is 1.10 bits per heavy atom. The SMILES string of the molecule is O=C(NCc1ccc(N2CCN(C(=O)NC3CCCC3)C2=O)nc1)c1cccnc1. The Hall–Kier alpha value is -3.49. The quantitative estimate of drug-likeness (QED) is 0.789. The average Bonchev–Trinajstić information content (AvgIpc) is 3.42. The van der Waals surface area contributed by atoms with Crippen molar-refractivity contribution in [1.29, 1.82) is 0 Å². The highest BCUT2D eigenvalue weighted by Gasteiger charge is 2.35. The highest BCUT2D eigenvalue weighted by molar-refractivity contribution is 6.03. The third kappa shape index (κ3) is 4.40. The molecule has 0 aromatic carbocycles. The van der Waals surface area contributed by atoms with E-state index in [-0.39, 0.29) is 24.0 Å². The molecule has 1 saturated heterocycles. The minimum absolute atomic E-state index is 0.165. The molecule has 1 saturated carbocycles. The number of carbonyl (C=O) groups excluding carboxylic acids is 3. The summed E-state index contributed by atoms with van der Waals surface area (Å²) in [6, 6.07) is 6.40. The van der Waals surface area contributed by atoms with Crippen molar-refractivity contribution in [3.05, 3.63) is 54.0 Å². The highest BCUT2D eigenvalue weighted by Crippen LogP contribution is 2.21. The number of imide groups is 1. The highest BCUT2D eigenvalue weighted by atomic mass is 16.2. The molecule has 30 heavy (non-hydrogen) atoms. The van der Waals surface area contributed by atoms with Crippen LogP contribution in [0.4, 0.5) is 15.4 Å². The molecule has 1 aliphatic heterocycles. The van der Waals surface area contributed by atoms with Crippen LogP contribution >= 0.6 is 0 Å². The Morgan fingerprint density at radius 3 is 2.63 bits per heavy atom. The minimum Gasteiger partial charge on any atom is -0.348 e. The zero-order chi connectivity index (χ0) is 20.9. The third-order valence-corrected chi connectivity index (χ3v) is 5.40. The van der Waals surface area contributed by atoms with Crippen LogP contribution in [0, 0.1) is 0 Å². The van der Waals surface area contributed by atoms with E-state index in [0.717, 1.165) is 31.2 Å². The van der Waals surface area contributed by atoms with Crippen LogP contribution in [0.25, 0.3) is 0 Å². The maximum absolute atomic E-state index is 12.7. The maximum Gasteiger partial charge on any atom is 0.333 e. The lowest BCUT2D eigenvalue weighted by Gasteiger charge is -2.19. The topological polar surface area (TPSA) is 108 Å². The van der Waals surface area contributed by atoms with Crippen molar-refractivity contribution in [2.45, 2.75) is 38.3 Å². The molecule has 2 fully saturated rings. The van der Waals surface area contributed by atoms with Gasteiger partial charge >= 0.3 is 12.1 Å². The molecule has 4 rings (SSSR count). The third-order valence-electron chi connectivity index (χ3n) is 5.40. The Balaban J connectivity index is 1.32. The molecule has 0 radical (unpaired) electrons. The van der Waals surface area contributed by atoms with Crippen molar-refractivity contribution in [3.8, 4) is 0 Å². The molecule has 5 amide bonds. The molecule has 3 heterocycles. The van der Waals surface area contributed by atoms with Crippen LogP contribution < -0.4 is 15.5 Å². The number of rotatable bonds is 5. The van der Waals surface area contributed by atoms with Crippen molar-refractivity contribution in [3.63, 3.8) is 0 Å². The fourth-order valence-electron chi connectivity index (χ4n) is 3.72. The van der Waals surface area contributed by atoms with Gasteiger partial charge < -0.3 is 10.6 Å². The molecule has 0 atom stereocenters. The van der Waals surface area contributed by atoms with Gasteiger partial charge in [-0.15, -0.1) is 0 Å². The van der Waals surface area contributed by atoms with Crippen molar-refractivity contribution in [2.75, 3.05) is 18.0 Å². The van der Waals surface area contributed by atoms with E-state index >= 15 is 0 Å². The maximum atomic E-state index is 12.7. The predicted octanol–water partition coefficient (Wildman–Crippen LogP) is 2.30. The minimum atomic E-state index is -0.365. The van der Waals surface area contributed by atoms with E-state index < -0.39 is 0 Å². The van der Waals surface area contributed by atoms with Gasteiger partial charge in [0.25, 0.3) is 5.91 Å². The first-order valence-corrected chi connectivity index (χ1v) is 10.1. The van der Waals surface area contributed by atoms with Gasteiger partial charge in [-0.3, -0.25) is 14.7 Å². The number of nitrogens with one attached hydrogen (secondary N) is 2. The van der Waals surface area contributed by atoms with Gasteiger partial charge in [0.15, 0.2) is 0 Å². The summed E-state index contributed by atoms with van der Waals surface area (Å²) in [5.41, 5.74) is 1.29. The molecule has 0 unspecified atom stereocenters. The van der Waals surface area contributed by atoms with Gasteiger partial charge in [-0.2, -0.15) is 0 Å². The van der Waals surface area contributed by atoms with Gasteiger partial charge in [-0.05, 0) is 36.6 Å². The van der Waals surface area contributed by atoms with Gasteiger partial charge in [0.05, 0.1) is 12.1 Å². The Morgan fingerprint density at radius 2 is 1.93 bits per heavy atom. The molecule has 0 bridgehead atoms. The van der Waals surface area contributed by atoms with E-state index in [2.05, 4.69) is 20.6 Å². The van der Waals surface area contributed by atoms with Crippen LogP contribution in [-0.2, 0) is 6.54 Å². The first-order valence-electron chi connectivity index (χ1n) is 10.1. The van der Waals surface area contributed by atoms with E-state index in [1.54, 1.807) is 36.7 Å². The molecule has 0 spiro atoms. The molecular formula is C21H24N6O3. The summed E-state index contributed by atoms with van der Waals surface area (Å²) < 4.78 is 0. The lowest BCUT2D eigenvalue weighted by molar-refractivity contribution is 0.0950. The number of hydrogen-bond donors (Lipinski definition) is 2. The Kier molecular flexibility index (Phi) is 5.87. The molecule has 9 heteroatoms. The Bertz CT molecular complexity index is 912. The molecule has 2 aliphatic rings. The zero-order valence-corrected chi connectivity index (χ0v) is 16.6. The van der Waals surface area contributed by atoms with Crippen LogP contribution in [0.15, 0.2) is 42.9 Å². The van der Waals surface area contributed by atoms with Crippen molar-refractivity contribution >= 4 is 23.8 Å². The number of urea groups is 2. The normalized spacial score (nSPS) is 16.7. The fourth-order valence-corrected chi connectivity index (χ4v) is 3.72. The first-order chi connectivity index (χ1) is 14.6. The van der Waals surface area contributed by atoms with E-state index in [1.165, 1.54) is 16.0 Å². The molecule has 1 aliphatic carbocycles. The van der Waals surface area contributed by atoms with Crippen LogP contribution in [0.5, 0.6) is 0 Å². The summed E-state index contributed by atoms with van der Waals surface area (Å²) in [5, 5.41) is 5.76. The van der Waals surface area contributed by atoms with Crippen LogP contribution in [0.2, 0.25) is 0 Å². The number of nitrogens with zero attached hydrogens (tertiary/aromatic N) is 4. The molecule has 2 aromatic heterocycles. The smallest absolute Gasteiger partial charge is 0.333 e. The second-order valence-electron chi connectivity index (χ2n) is 7.47. The number of anilines is 1. The second-order valence-corrected chi connectivity index (χ2v) is 7.47. The van der Waals surface area contributed by atoms with Gasteiger partial charge in [0.2, 0.25) is 0 Å². The lowest BCUT2D eigenvalue weighted by atomic mass is 10.2. The van der Waals surface area contributed by atoms with Crippen molar-refractivity contribution in [2.24, 2.45) is 0 Å². The van der Waals surface area contributed by atoms with Crippen LogP contribution in [-0.4, -0.2) is 52.0 Å². The second kappa shape index (κ2) is 8.89. The molecule has 9 nitrogen and oxygen atoms in total. The summed E-state index contributed by atoms with van der Waals surface area (Å²) in [6.07, 6.45) is 8.90. The van der Waals surface area contributed by atoms with E-state index in [0.29, 0.717) is 31.0 Å². The summed E-state index contributed by atoms with van der Waals surface area (Å²) in [6.45, 7) is 1.05. The van der Waals surface area contributed by atoms with Crippen molar-refractivity contribution < 1.29 is 14.4 Å². The Labute approximate surface area is 174 Å². The largest absolute Gasteiger partial charge is 0.348 e. The van der Waals surface area contributed by atoms with E-state index in [9.17, 15) is 14.4 Å². The number of carbonyl (C=O) groups is 3. The fraction of sp³-hybridized carbons (Fsp3) is 0.381. The lowest BCUT2D eigenvalue weighted by Crippen LogP contribution is -2.46. The average molecular weight is 408 g/mol. The standard InChI is InChI=1S/C21H24N6O3/c28-19(16-4-3-9-22-14-16)24-13-15-7-8-18(23-12-15)26-10-11-27(21(26)30)20(29)25-17-5-1-2-6-17/h3-4,7-9,12,14,17H,1-2,5-6,10-11,13H2,(H,24,28)(H,25,29). The van der Waals surface area contributed by atoms with E-state index in [1.807, 2.05) is 0 Å². The van der Waals surface area contributed by atoms with Gasteiger partial charge in [-0.1, -0.05) is 18.9 Å².